The second-order valence-corrected chi connectivity index (χ2v) is 6.33. The molecule has 4 rings (SSSR count). The van der Waals surface area contributed by atoms with E-state index in [0.29, 0.717) is 5.75 Å². The van der Waals surface area contributed by atoms with Crippen LogP contribution in [0.5, 0.6) is 5.75 Å². The van der Waals surface area contributed by atoms with E-state index in [1.54, 1.807) is 24.3 Å². The molecule has 29 heavy (non-hydrogen) atoms. The number of para-hydroxylation sites is 1. The van der Waals surface area contributed by atoms with Gasteiger partial charge in [-0.3, -0.25) is 9.88 Å². The zero-order chi connectivity index (χ0) is 20.2. The van der Waals surface area contributed by atoms with E-state index in [2.05, 4.69) is 4.98 Å². The number of rotatable bonds is 5. The Balaban J connectivity index is 1.78. The zero-order valence-corrected chi connectivity index (χ0v) is 15.4. The van der Waals surface area contributed by atoms with Gasteiger partial charge in [0.1, 0.15) is 12.4 Å². The fourth-order valence-electron chi connectivity index (χ4n) is 3.25. The van der Waals surface area contributed by atoms with Crippen LogP contribution in [0.25, 0.3) is 6.08 Å². The molecule has 0 spiro atoms. The maximum Gasteiger partial charge on any atom is 0.415 e. The predicted molar refractivity (Wildman–Crippen MR) is 107 cm³/mol. The van der Waals surface area contributed by atoms with Crippen molar-refractivity contribution in [1.82, 2.24) is 4.98 Å². The lowest BCUT2D eigenvalue weighted by Gasteiger charge is -2.25. The monoisotopic (exact) mass is 385 g/mol. The number of hydrogen-bond acceptors (Lipinski definition) is 5. The highest BCUT2D eigenvalue weighted by molar-refractivity contribution is 6.04. The predicted octanol–water partition coefficient (Wildman–Crippen LogP) is 4.44. The van der Waals surface area contributed by atoms with E-state index in [4.69, 9.17) is 16.1 Å². The summed E-state index contributed by atoms with van der Waals surface area (Å²) < 4.78 is 10.8. The van der Waals surface area contributed by atoms with Crippen molar-refractivity contribution in [2.75, 3.05) is 11.5 Å². The van der Waals surface area contributed by atoms with E-state index < -0.39 is 18.1 Å². The summed E-state index contributed by atoms with van der Waals surface area (Å²) in [5, 5.41) is 0. The van der Waals surface area contributed by atoms with E-state index >= 15 is 0 Å². The minimum Gasteiger partial charge on any atom is -0.447 e. The largest absolute Gasteiger partial charge is 0.447 e. The molecule has 2 aromatic carbocycles. The number of cyclic esters (lactones) is 1. The van der Waals surface area contributed by atoms with Crippen LogP contribution in [-0.2, 0) is 4.74 Å². The van der Waals surface area contributed by atoms with Crippen LogP contribution in [0.3, 0.4) is 0 Å². The van der Waals surface area contributed by atoms with Crippen LogP contribution >= 0.6 is 0 Å². The Kier molecular flexibility index (Phi) is 5.07. The van der Waals surface area contributed by atoms with Crippen LogP contribution < -0.4 is 9.64 Å². The first-order valence-corrected chi connectivity index (χ1v) is 9.01. The molecule has 1 atom stereocenters. The highest BCUT2D eigenvalue weighted by Gasteiger charge is 2.39. The van der Waals surface area contributed by atoms with Gasteiger partial charge < -0.3 is 9.47 Å². The molecule has 0 unspecified atom stereocenters. The molecule has 0 saturated carbocycles. The lowest BCUT2D eigenvalue weighted by Crippen LogP contribution is -2.30. The number of amides is 1. The molecule has 1 aliphatic rings. The van der Waals surface area contributed by atoms with Crippen molar-refractivity contribution in [2.45, 2.75) is 6.04 Å². The third-order valence-corrected chi connectivity index (χ3v) is 4.58. The Morgan fingerprint density at radius 1 is 1.10 bits per heavy atom. The molecule has 1 radical (unpaired) electrons. The van der Waals surface area contributed by atoms with Gasteiger partial charge in [0, 0.05) is 6.20 Å². The number of nitrogens with zero attached hydrogens (tertiary/aromatic N) is 2. The molecular formula is C23H17N2O4. The molecule has 1 saturated heterocycles. The highest BCUT2D eigenvalue weighted by atomic mass is 16.6. The molecule has 6 heteroatoms. The van der Waals surface area contributed by atoms with E-state index in [1.807, 2.05) is 36.4 Å². The summed E-state index contributed by atoms with van der Waals surface area (Å²) in [5.41, 5.74) is 1.58. The van der Waals surface area contributed by atoms with Crippen molar-refractivity contribution in [3.63, 3.8) is 0 Å². The molecule has 1 fully saturated rings. The van der Waals surface area contributed by atoms with Gasteiger partial charge in [0.25, 0.3) is 0 Å². The van der Waals surface area contributed by atoms with Crippen molar-refractivity contribution in [2.24, 2.45) is 0 Å². The van der Waals surface area contributed by atoms with E-state index in [9.17, 15) is 9.59 Å². The first-order valence-electron chi connectivity index (χ1n) is 9.01. The number of carbonyl (C=O) groups is 2. The summed E-state index contributed by atoms with van der Waals surface area (Å²) in [5.74, 6) is -0.231. The van der Waals surface area contributed by atoms with Gasteiger partial charge in [-0.05, 0) is 29.8 Å². The van der Waals surface area contributed by atoms with E-state index in [1.165, 1.54) is 23.2 Å². The van der Waals surface area contributed by atoms with Gasteiger partial charge in [-0.25, -0.2) is 9.59 Å². The van der Waals surface area contributed by atoms with Gasteiger partial charge in [-0.1, -0.05) is 55.1 Å². The maximum absolute atomic E-state index is 12.9. The summed E-state index contributed by atoms with van der Waals surface area (Å²) >= 11 is 0. The average Bonchev–Trinajstić information content (AvgIpc) is 3.15. The number of carbonyl (C=O) groups excluding carboxylic acids is 2. The van der Waals surface area contributed by atoms with Gasteiger partial charge in [-0.15, -0.1) is 0 Å². The topological polar surface area (TPSA) is 68.7 Å². The van der Waals surface area contributed by atoms with Gasteiger partial charge in [0.05, 0.1) is 23.0 Å². The second-order valence-electron chi connectivity index (χ2n) is 6.33. The average molecular weight is 385 g/mol. The summed E-state index contributed by atoms with van der Waals surface area (Å²) in [6, 6.07) is 19.2. The lowest BCUT2D eigenvalue weighted by molar-refractivity contribution is 0.0735. The van der Waals surface area contributed by atoms with Crippen molar-refractivity contribution >= 4 is 23.8 Å². The number of pyridine rings is 1. The molecule has 1 amide bonds. The molecule has 143 valence electrons. The lowest BCUT2D eigenvalue weighted by atomic mass is 10.0. The fraction of sp³-hybridized carbons (Fsp3) is 0.0870. The van der Waals surface area contributed by atoms with Crippen LogP contribution in [0.4, 0.5) is 10.5 Å². The molecular weight excluding hydrogens is 368 g/mol. The van der Waals surface area contributed by atoms with Crippen LogP contribution in [0, 0.1) is 6.58 Å². The molecule has 1 aliphatic heterocycles. The molecule has 0 N–H and O–H groups in total. The molecule has 6 nitrogen and oxygen atoms in total. The Hall–Kier alpha value is -3.93. The van der Waals surface area contributed by atoms with Gasteiger partial charge in [-0.2, -0.15) is 0 Å². The Bertz CT molecular complexity index is 1050. The Morgan fingerprint density at radius 2 is 1.79 bits per heavy atom. The van der Waals surface area contributed by atoms with Crippen LogP contribution in [-0.4, -0.2) is 23.7 Å². The number of hydrogen-bond donors (Lipinski definition) is 0. The summed E-state index contributed by atoms with van der Waals surface area (Å²) in [7, 11) is 0. The molecule has 3 aromatic rings. The molecule has 1 aromatic heterocycles. The summed E-state index contributed by atoms with van der Waals surface area (Å²) in [6.07, 6.45) is 2.12. The Morgan fingerprint density at radius 3 is 2.48 bits per heavy atom. The fourth-order valence-corrected chi connectivity index (χ4v) is 3.25. The quantitative estimate of drug-likeness (QED) is 0.480. The number of esters is 1. The second kappa shape index (κ2) is 7.98. The Labute approximate surface area is 168 Å². The summed E-state index contributed by atoms with van der Waals surface area (Å²) in [6.45, 7) is 5.90. The van der Waals surface area contributed by atoms with Gasteiger partial charge in [0.15, 0.2) is 0 Å². The van der Waals surface area contributed by atoms with E-state index in [-0.39, 0.29) is 23.6 Å². The number of anilines is 1. The van der Waals surface area contributed by atoms with Gasteiger partial charge in [0.2, 0.25) is 0 Å². The van der Waals surface area contributed by atoms with Crippen molar-refractivity contribution < 1.29 is 19.1 Å². The maximum atomic E-state index is 12.9. The third kappa shape index (κ3) is 3.60. The number of benzene rings is 2. The van der Waals surface area contributed by atoms with Crippen molar-refractivity contribution in [3.05, 3.63) is 96.3 Å². The van der Waals surface area contributed by atoms with E-state index in [0.717, 1.165) is 5.56 Å². The van der Waals surface area contributed by atoms with Crippen molar-refractivity contribution in [3.8, 4) is 5.75 Å². The third-order valence-electron chi connectivity index (χ3n) is 4.58. The minimum atomic E-state index is -0.622. The summed E-state index contributed by atoms with van der Waals surface area (Å²) in [4.78, 5) is 31.2. The van der Waals surface area contributed by atoms with Crippen molar-refractivity contribution in [1.29, 1.82) is 0 Å². The number of ether oxygens (including phenoxy) is 2. The highest BCUT2D eigenvalue weighted by Crippen LogP contribution is 2.37. The van der Waals surface area contributed by atoms with Gasteiger partial charge >= 0.3 is 12.1 Å². The first kappa shape index (κ1) is 18.4. The van der Waals surface area contributed by atoms with Crippen LogP contribution in [0.1, 0.15) is 27.7 Å². The molecule has 0 aliphatic carbocycles. The van der Waals surface area contributed by atoms with Crippen LogP contribution in [0.15, 0.2) is 72.9 Å². The van der Waals surface area contributed by atoms with Crippen LogP contribution in [0.2, 0.25) is 0 Å². The smallest absolute Gasteiger partial charge is 0.415 e. The molecule has 0 bridgehead atoms. The minimum absolute atomic E-state index is 0.148. The normalized spacial score (nSPS) is 15.7. The standard InChI is InChI=1S/C23H17N2O4/c1-2-19-21(25-20(15-28-23(25)27)16-9-5-3-6-10-16)18(13-14-24-19)22(26)29-17-11-7-4-8-12-17/h1-14,20H,15H2/t20-/m0/s1. The molecule has 2 heterocycles. The zero-order valence-electron chi connectivity index (χ0n) is 15.4. The first-order chi connectivity index (χ1) is 14.2. The SMILES string of the molecule is [CH]=Cc1nccc(C(=O)Oc2ccccc2)c1N1C(=O)OC[C@H]1c1ccccc1. The number of aromatic nitrogens is 1.